The van der Waals surface area contributed by atoms with Gasteiger partial charge < -0.3 is 15.0 Å². The maximum Gasteiger partial charge on any atom is 0.253 e. The molecule has 1 aliphatic rings. The summed E-state index contributed by atoms with van der Waals surface area (Å²) in [4.78, 5) is 16.2. The van der Waals surface area contributed by atoms with Crippen molar-refractivity contribution >= 4 is 23.0 Å². The van der Waals surface area contributed by atoms with E-state index in [0.717, 1.165) is 12.8 Å². The van der Waals surface area contributed by atoms with Gasteiger partial charge in [0, 0.05) is 18.7 Å². The second-order valence-corrected chi connectivity index (χ2v) is 5.71. The number of rotatable bonds is 4. The van der Waals surface area contributed by atoms with Gasteiger partial charge in [0.2, 0.25) is 17.5 Å². The Morgan fingerprint density at radius 2 is 1.81 bits per heavy atom. The van der Waals surface area contributed by atoms with Crippen molar-refractivity contribution in [3.63, 3.8) is 0 Å². The third kappa shape index (κ3) is 3.29. The number of amides is 1. The molecule has 1 N–H and O–H groups in total. The Hall–Kier alpha value is -2.84. The first-order valence-electron chi connectivity index (χ1n) is 7.87. The number of pyridine rings is 1. The fourth-order valence-corrected chi connectivity index (χ4v) is 2.78. The SMILES string of the molecule is COc1ccc(Nc2c(F)c(F)nc(F)c2F)cc1N1CCCCC1=O. The smallest absolute Gasteiger partial charge is 0.253 e. The predicted octanol–water partition coefficient (Wildman–Crippen LogP) is 3.91. The highest BCUT2D eigenvalue weighted by atomic mass is 19.2. The number of benzene rings is 1. The van der Waals surface area contributed by atoms with Gasteiger partial charge in [0.15, 0.2) is 0 Å². The van der Waals surface area contributed by atoms with Crippen LogP contribution in [0.1, 0.15) is 19.3 Å². The third-order valence-corrected chi connectivity index (χ3v) is 4.06. The molecule has 26 heavy (non-hydrogen) atoms. The van der Waals surface area contributed by atoms with Gasteiger partial charge in [-0.1, -0.05) is 0 Å². The van der Waals surface area contributed by atoms with E-state index in [1.54, 1.807) is 0 Å². The van der Waals surface area contributed by atoms with Crippen LogP contribution in [0.2, 0.25) is 0 Å². The van der Waals surface area contributed by atoms with Crippen LogP contribution < -0.4 is 15.0 Å². The van der Waals surface area contributed by atoms with Crippen molar-refractivity contribution in [3.8, 4) is 5.75 Å². The first-order chi connectivity index (χ1) is 12.4. The lowest BCUT2D eigenvalue weighted by atomic mass is 10.1. The minimum absolute atomic E-state index is 0.106. The molecule has 1 amide bonds. The van der Waals surface area contributed by atoms with Crippen LogP contribution in [0.3, 0.4) is 0 Å². The molecule has 0 spiro atoms. The zero-order valence-electron chi connectivity index (χ0n) is 13.8. The molecular formula is C17H15F4N3O2. The molecule has 0 atom stereocenters. The van der Waals surface area contributed by atoms with Crippen LogP contribution in [0.4, 0.5) is 34.6 Å². The lowest BCUT2D eigenvalue weighted by Crippen LogP contribution is -2.35. The number of carbonyl (C=O) groups excluding carboxylic acids is 1. The largest absolute Gasteiger partial charge is 0.495 e. The van der Waals surface area contributed by atoms with Gasteiger partial charge in [-0.3, -0.25) is 4.79 Å². The van der Waals surface area contributed by atoms with Crippen molar-refractivity contribution in [2.24, 2.45) is 0 Å². The summed E-state index contributed by atoms with van der Waals surface area (Å²) >= 11 is 0. The molecule has 9 heteroatoms. The molecule has 1 aromatic heterocycles. The minimum atomic E-state index is -1.76. The highest BCUT2D eigenvalue weighted by Gasteiger charge is 2.24. The number of ether oxygens (including phenoxy) is 1. The van der Waals surface area contributed by atoms with Crippen molar-refractivity contribution in [2.75, 3.05) is 23.9 Å². The van der Waals surface area contributed by atoms with E-state index < -0.39 is 29.2 Å². The van der Waals surface area contributed by atoms with Crippen molar-refractivity contribution in [1.29, 1.82) is 0 Å². The van der Waals surface area contributed by atoms with E-state index in [1.165, 1.54) is 30.2 Å². The topological polar surface area (TPSA) is 54.5 Å². The fourth-order valence-electron chi connectivity index (χ4n) is 2.78. The molecule has 1 aliphatic heterocycles. The van der Waals surface area contributed by atoms with Gasteiger partial charge in [0.05, 0.1) is 12.8 Å². The first-order valence-corrected chi connectivity index (χ1v) is 7.87. The van der Waals surface area contributed by atoms with Gasteiger partial charge in [-0.15, -0.1) is 0 Å². The molecule has 0 bridgehead atoms. The zero-order chi connectivity index (χ0) is 18.8. The maximum atomic E-state index is 13.8. The highest BCUT2D eigenvalue weighted by Crippen LogP contribution is 2.35. The van der Waals surface area contributed by atoms with Crippen molar-refractivity contribution in [3.05, 3.63) is 41.7 Å². The number of hydrogen-bond donors (Lipinski definition) is 1. The molecule has 2 heterocycles. The maximum absolute atomic E-state index is 13.8. The second-order valence-electron chi connectivity index (χ2n) is 5.71. The first kappa shape index (κ1) is 18.0. The molecule has 0 saturated carbocycles. The third-order valence-electron chi connectivity index (χ3n) is 4.06. The minimum Gasteiger partial charge on any atom is -0.495 e. The summed E-state index contributed by atoms with van der Waals surface area (Å²) in [7, 11) is 1.42. The summed E-state index contributed by atoms with van der Waals surface area (Å²) in [6.45, 7) is 0.472. The lowest BCUT2D eigenvalue weighted by Gasteiger charge is -2.28. The van der Waals surface area contributed by atoms with Crippen LogP contribution in [0.5, 0.6) is 5.75 Å². The fraction of sp³-hybridized carbons (Fsp3) is 0.294. The number of nitrogens with zero attached hydrogens (tertiary/aromatic N) is 2. The van der Waals surface area contributed by atoms with Crippen LogP contribution in [-0.2, 0) is 4.79 Å². The number of hydrogen-bond acceptors (Lipinski definition) is 4. The van der Waals surface area contributed by atoms with Crippen LogP contribution in [0, 0.1) is 23.5 Å². The second kappa shape index (κ2) is 7.19. The molecule has 1 fully saturated rings. The molecule has 138 valence electrons. The van der Waals surface area contributed by atoms with E-state index in [9.17, 15) is 22.4 Å². The van der Waals surface area contributed by atoms with Gasteiger partial charge >= 0.3 is 0 Å². The molecule has 3 rings (SSSR count). The van der Waals surface area contributed by atoms with E-state index >= 15 is 0 Å². The average molecular weight is 369 g/mol. The van der Waals surface area contributed by atoms with Crippen molar-refractivity contribution < 1.29 is 27.1 Å². The molecule has 0 radical (unpaired) electrons. The summed E-state index contributed by atoms with van der Waals surface area (Å²) in [6, 6.07) is 4.33. The van der Waals surface area contributed by atoms with E-state index in [0.29, 0.717) is 24.4 Å². The summed E-state index contributed by atoms with van der Waals surface area (Å²) in [5, 5.41) is 2.30. The Morgan fingerprint density at radius 3 is 2.42 bits per heavy atom. The quantitative estimate of drug-likeness (QED) is 0.656. The number of piperidine rings is 1. The number of anilines is 3. The zero-order valence-corrected chi connectivity index (χ0v) is 13.8. The highest BCUT2D eigenvalue weighted by molar-refractivity contribution is 5.96. The molecule has 2 aromatic rings. The number of nitrogens with one attached hydrogen (secondary N) is 1. The molecule has 5 nitrogen and oxygen atoms in total. The number of carbonyl (C=O) groups is 1. The van der Waals surface area contributed by atoms with Crippen molar-refractivity contribution in [1.82, 2.24) is 4.98 Å². The standard InChI is InChI=1S/C17H15F4N3O2/c1-26-11-6-5-9(8-10(11)24-7-3-2-4-12(24)25)22-15-13(18)16(20)23-17(21)14(15)19/h5-6,8H,2-4,7H2,1H3,(H,22,23). The summed E-state index contributed by atoms with van der Waals surface area (Å²) in [5.74, 6) is -6.52. The van der Waals surface area contributed by atoms with Gasteiger partial charge in [-0.05, 0) is 31.0 Å². The number of aromatic nitrogens is 1. The van der Waals surface area contributed by atoms with Crippen LogP contribution >= 0.6 is 0 Å². The van der Waals surface area contributed by atoms with Crippen molar-refractivity contribution in [2.45, 2.75) is 19.3 Å². The molecular weight excluding hydrogens is 354 g/mol. The Balaban J connectivity index is 2.00. The summed E-state index contributed by atoms with van der Waals surface area (Å²) in [5.41, 5.74) is -0.476. The number of methoxy groups -OCH3 is 1. The molecule has 0 aliphatic carbocycles. The lowest BCUT2D eigenvalue weighted by molar-refractivity contribution is -0.119. The van der Waals surface area contributed by atoms with E-state index in [2.05, 4.69) is 10.3 Å². The van der Waals surface area contributed by atoms with Gasteiger partial charge in [0.1, 0.15) is 11.4 Å². The average Bonchev–Trinajstić information content (AvgIpc) is 2.64. The number of halogens is 4. The molecule has 1 saturated heterocycles. The van der Waals surface area contributed by atoms with E-state index in [1.807, 2.05) is 0 Å². The predicted molar refractivity (Wildman–Crippen MR) is 86.5 cm³/mol. The Bertz CT molecular complexity index is 834. The Morgan fingerprint density at radius 1 is 1.12 bits per heavy atom. The molecule has 1 aromatic carbocycles. The van der Waals surface area contributed by atoms with E-state index in [-0.39, 0.29) is 11.6 Å². The summed E-state index contributed by atoms with van der Waals surface area (Å²) < 4.78 is 59.3. The Kier molecular flexibility index (Phi) is 4.97. The summed E-state index contributed by atoms with van der Waals surface area (Å²) in [6.07, 6.45) is 1.96. The van der Waals surface area contributed by atoms with Crippen LogP contribution in [0.15, 0.2) is 18.2 Å². The monoisotopic (exact) mass is 369 g/mol. The van der Waals surface area contributed by atoms with Gasteiger partial charge in [-0.25, -0.2) is 0 Å². The van der Waals surface area contributed by atoms with Gasteiger partial charge in [-0.2, -0.15) is 22.5 Å². The molecule has 0 unspecified atom stereocenters. The Labute approximate surface area is 146 Å². The van der Waals surface area contributed by atoms with Gasteiger partial charge in [0.25, 0.3) is 11.9 Å². The van der Waals surface area contributed by atoms with Crippen LogP contribution in [0.25, 0.3) is 0 Å². The van der Waals surface area contributed by atoms with E-state index in [4.69, 9.17) is 4.74 Å². The normalized spacial score (nSPS) is 14.5. The van der Waals surface area contributed by atoms with Crippen LogP contribution in [-0.4, -0.2) is 24.5 Å².